The molecular weight excluding hydrogens is 280 g/mol. The number of halogens is 2. The van der Waals surface area contributed by atoms with E-state index < -0.39 is 6.61 Å². The highest BCUT2D eigenvalue weighted by molar-refractivity contribution is 7.10. The average Bonchev–Trinajstić information content (AvgIpc) is 2.83. The van der Waals surface area contributed by atoms with Crippen LogP contribution in [-0.4, -0.2) is 6.61 Å². The van der Waals surface area contributed by atoms with E-state index in [9.17, 15) is 8.78 Å². The van der Waals surface area contributed by atoms with Gasteiger partial charge in [-0.15, -0.1) is 11.3 Å². The van der Waals surface area contributed by atoms with Crippen molar-refractivity contribution in [3.8, 4) is 5.75 Å². The number of thiophene rings is 1. The van der Waals surface area contributed by atoms with Crippen LogP contribution < -0.4 is 10.1 Å². The molecule has 0 aliphatic carbocycles. The second kappa shape index (κ2) is 6.81. The molecule has 1 unspecified atom stereocenters. The third-order valence-electron chi connectivity index (χ3n) is 3.08. The lowest BCUT2D eigenvalue weighted by atomic mass is 10.1. The Labute approximate surface area is 121 Å². The lowest BCUT2D eigenvalue weighted by molar-refractivity contribution is -0.0505. The van der Waals surface area contributed by atoms with Crippen molar-refractivity contribution in [3.63, 3.8) is 0 Å². The van der Waals surface area contributed by atoms with E-state index >= 15 is 0 Å². The van der Waals surface area contributed by atoms with Gasteiger partial charge < -0.3 is 10.1 Å². The molecule has 0 aliphatic rings. The lowest BCUT2D eigenvalue weighted by Gasteiger charge is -2.16. The summed E-state index contributed by atoms with van der Waals surface area (Å²) < 4.78 is 29.2. The van der Waals surface area contributed by atoms with Gasteiger partial charge in [0.1, 0.15) is 5.75 Å². The first-order valence-corrected chi connectivity index (χ1v) is 7.26. The molecule has 0 fully saturated rings. The predicted octanol–water partition coefficient (Wildman–Crippen LogP) is 4.51. The van der Waals surface area contributed by atoms with Crippen LogP contribution in [-0.2, 0) is 6.54 Å². The molecule has 1 heterocycles. The minimum atomic E-state index is -2.80. The molecule has 2 rings (SSSR count). The molecule has 5 heteroatoms. The van der Waals surface area contributed by atoms with Gasteiger partial charge in [0, 0.05) is 23.0 Å². The fourth-order valence-electron chi connectivity index (χ4n) is 2.04. The number of alkyl halides is 2. The molecule has 2 aromatic rings. The molecule has 0 amide bonds. The van der Waals surface area contributed by atoms with E-state index in [1.54, 1.807) is 29.5 Å². The summed E-state index contributed by atoms with van der Waals surface area (Å²) in [4.78, 5) is 1.26. The highest BCUT2D eigenvalue weighted by atomic mass is 32.1. The normalized spacial score (nSPS) is 12.7. The maximum atomic E-state index is 12.3. The Morgan fingerprint density at radius 3 is 2.65 bits per heavy atom. The minimum absolute atomic E-state index is 0.176. The van der Waals surface area contributed by atoms with Crippen LogP contribution in [0.5, 0.6) is 5.75 Å². The maximum absolute atomic E-state index is 12.3. The van der Waals surface area contributed by atoms with Crippen LogP contribution in [0.25, 0.3) is 0 Å². The Hall–Kier alpha value is -1.46. The molecular formula is C15H17F2NOS. The zero-order chi connectivity index (χ0) is 14.5. The Morgan fingerprint density at radius 1 is 1.25 bits per heavy atom. The van der Waals surface area contributed by atoms with Crippen molar-refractivity contribution < 1.29 is 13.5 Å². The largest absolute Gasteiger partial charge is 0.434 e. The molecule has 2 nitrogen and oxygen atoms in total. The van der Waals surface area contributed by atoms with Crippen LogP contribution in [0, 0.1) is 6.92 Å². The number of nitrogens with one attached hydrogen (secondary N) is 1. The molecule has 1 N–H and O–H groups in total. The van der Waals surface area contributed by atoms with Crippen LogP contribution in [0.2, 0.25) is 0 Å². The quantitative estimate of drug-likeness (QED) is 0.847. The Bertz CT molecular complexity index is 556. The van der Waals surface area contributed by atoms with Crippen molar-refractivity contribution in [1.82, 2.24) is 5.32 Å². The van der Waals surface area contributed by atoms with Crippen LogP contribution >= 0.6 is 11.3 Å². The van der Waals surface area contributed by atoms with Gasteiger partial charge in [-0.25, -0.2) is 0 Å². The highest BCUT2D eigenvalue weighted by Crippen LogP contribution is 2.25. The SMILES string of the molecule is Cc1ccsc1C(C)NCc1ccccc1OC(F)F. The number of hydrogen-bond donors (Lipinski definition) is 1. The number of hydrogen-bond acceptors (Lipinski definition) is 3. The van der Waals surface area contributed by atoms with Gasteiger partial charge in [-0.3, -0.25) is 0 Å². The van der Waals surface area contributed by atoms with Crippen molar-refractivity contribution in [2.45, 2.75) is 33.0 Å². The zero-order valence-corrected chi connectivity index (χ0v) is 12.2. The fourth-order valence-corrected chi connectivity index (χ4v) is 3.00. The van der Waals surface area contributed by atoms with Crippen LogP contribution in [0.1, 0.15) is 29.0 Å². The molecule has 0 radical (unpaired) electrons. The molecule has 0 bridgehead atoms. The van der Waals surface area contributed by atoms with Crippen molar-refractivity contribution in [2.24, 2.45) is 0 Å². The van der Waals surface area contributed by atoms with Crippen molar-refractivity contribution in [3.05, 3.63) is 51.7 Å². The number of benzene rings is 1. The zero-order valence-electron chi connectivity index (χ0n) is 11.4. The molecule has 1 aromatic carbocycles. The molecule has 108 valence electrons. The standard InChI is InChI=1S/C15H17F2NOS/c1-10-7-8-20-14(10)11(2)18-9-12-5-3-4-6-13(12)19-15(16)17/h3-8,11,15,18H,9H2,1-2H3. The Balaban J connectivity index is 2.02. The first kappa shape index (κ1) is 14.9. The van der Waals surface area contributed by atoms with Crippen LogP contribution in [0.4, 0.5) is 8.78 Å². The number of rotatable bonds is 6. The summed E-state index contributed by atoms with van der Waals surface area (Å²) in [5.41, 5.74) is 1.97. The first-order chi connectivity index (χ1) is 9.58. The molecule has 1 atom stereocenters. The topological polar surface area (TPSA) is 21.3 Å². The summed E-state index contributed by atoms with van der Waals surface area (Å²) >= 11 is 1.69. The van der Waals surface area contributed by atoms with Gasteiger partial charge in [-0.1, -0.05) is 18.2 Å². The summed E-state index contributed by atoms with van der Waals surface area (Å²) in [6.07, 6.45) is 0. The van der Waals surface area contributed by atoms with Gasteiger partial charge in [-0.05, 0) is 36.9 Å². The average molecular weight is 297 g/mol. The van der Waals surface area contributed by atoms with E-state index in [2.05, 4.69) is 35.3 Å². The van der Waals surface area contributed by atoms with E-state index in [1.165, 1.54) is 10.4 Å². The first-order valence-electron chi connectivity index (χ1n) is 6.38. The van der Waals surface area contributed by atoms with E-state index in [-0.39, 0.29) is 11.8 Å². The monoisotopic (exact) mass is 297 g/mol. The second-order valence-corrected chi connectivity index (χ2v) is 5.50. The fraction of sp³-hybridized carbons (Fsp3) is 0.333. The number of para-hydroxylation sites is 1. The van der Waals surface area contributed by atoms with Crippen LogP contribution in [0.15, 0.2) is 35.7 Å². The van der Waals surface area contributed by atoms with E-state index in [0.29, 0.717) is 6.54 Å². The minimum Gasteiger partial charge on any atom is -0.434 e. The van der Waals surface area contributed by atoms with Gasteiger partial charge >= 0.3 is 6.61 Å². The number of ether oxygens (including phenoxy) is 1. The van der Waals surface area contributed by atoms with E-state index in [0.717, 1.165) is 5.56 Å². The Kier molecular flexibility index (Phi) is 5.09. The number of aryl methyl sites for hydroxylation is 1. The second-order valence-electron chi connectivity index (χ2n) is 4.56. The molecule has 0 saturated carbocycles. The Morgan fingerprint density at radius 2 is 2.00 bits per heavy atom. The van der Waals surface area contributed by atoms with Gasteiger partial charge in [0.25, 0.3) is 0 Å². The molecule has 0 saturated heterocycles. The molecule has 1 aromatic heterocycles. The van der Waals surface area contributed by atoms with E-state index in [4.69, 9.17) is 0 Å². The van der Waals surface area contributed by atoms with Gasteiger partial charge in [-0.2, -0.15) is 8.78 Å². The molecule has 20 heavy (non-hydrogen) atoms. The molecule has 0 spiro atoms. The summed E-state index contributed by atoms with van der Waals surface area (Å²) in [6, 6.07) is 9.11. The van der Waals surface area contributed by atoms with Gasteiger partial charge in [0.05, 0.1) is 0 Å². The van der Waals surface area contributed by atoms with Gasteiger partial charge in [0.15, 0.2) is 0 Å². The lowest BCUT2D eigenvalue weighted by Crippen LogP contribution is -2.18. The maximum Gasteiger partial charge on any atom is 0.387 e. The van der Waals surface area contributed by atoms with E-state index in [1.807, 2.05) is 6.07 Å². The summed E-state index contributed by atoms with van der Waals surface area (Å²) in [6.45, 7) is 1.82. The third-order valence-corrected chi connectivity index (χ3v) is 4.28. The summed E-state index contributed by atoms with van der Waals surface area (Å²) in [7, 11) is 0. The smallest absolute Gasteiger partial charge is 0.387 e. The third kappa shape index (κ3) is 3.77. The van der Waals surface area contributed by atoms with Crippen molar-refractivity contribution in [1.29, 1.82) is 0 Å². The highest BCUT2D eigenvalue weighted by Gasteiger charge is 2.12. The van der Waals surface area contributed by atoms with Crippen molar-refractivity contribution >= 4 is 11.3 Å². The van der Waals surface area contributed by atoms with Crippen molar-refractivity contribution in [2.75, 3.05) is 0 Å². The van der Waals surface area contributed by atoms with Gasteiger partial charge in [0.2, 0.25) is 0 Å². The predicted molar refractivity (Wildman–Crippen MR) is 77.4 cm³/mol. The van der Waals surface area contributed by atoms with Crippen LogP contribution in [0.3, 0.4) is 0 Å². The molecule has 0 aliphatic heterocycles. The summed E-state index contributed by atoms with van der Waals surface area (Å²) in [5.74, 6) is 0.227. The summed E-state index contributed by atoms with van der Waals surface area (Å²) in [5, 5.41) is 5.39.